The number of rotatable bonds is 3. The van der Waals surface area contributed by atoms with Gasteiger partial charge in [0.25, 0.3) is 5.91 Å². The Kier molecular flexibility index (Phi) is 3.93. The second-order valence-electron chi connectivity index (χ2n) is 4.72. The van der Waals surface area contributed by atoms with Gasteiger partial charge in [-0.15, -0.1) is 0 Å². The van der Waals surface area contributed by atoms with Crippen molar-refractivity contribution in [1.82, 2.24) is 0 Å². The fourth-order valence-electron chi connectivity index (χ4n) is 2.03. The molecule has 0 aromatic heterocycles. The highest BCUT2D eigenvalue weighted by Gasteiger charge is 2.17. The predicted octanol–water partition coefficient (Wildman–Crippen LogP) is 2.68. The van der Waals surface area contributed by atoms with E-state index >= 15 is 0 Å². The third-order valence-corrected chi connectivity index (χ3v) is 3.23. The Morgan fingerprint density at radius 1 is 1.10 bits per heavy atom. The molecule has 0 bridgehead atoms. The minimum absolute atomic E-state index is 0.0968. The second kappa shape index (κ2) is 5.66. The van der Waals surface area contributed by atoms with Crippen molar-refractivity contribution in [3.63, 3.8) is 0 Å². The van der Waals surface area contributed by atoms with Crippen LogP contribution in [0.3, 0.4) is 0 Å². The van der Waals surface area contributed by atoms with Crippen molar-refractivity contribution in [2.45, 2.75) is 6.92 Å². The van der Waals surface area contributed by atoms with Gasteiger partial charge in [0, 0.05) is 18.3 Å². The number of phenolic OH excluding ortho intramolecular Hbond substituents is 1. The molecule has 0 heterocycles. The molecule has 5 heteroatoms. The van der Waals surface area contributed by atoms with Gasteiger partial charge in [0.15, 0.2) is 0 Å². The number of carboxylic acid groups (broad SMARTS) is 1. The molecule has 0 aliphatic rings. The summed E-state index contributed by atoms with van der Waals surface area (Å²) in [5.74, 6) is -1.21. The number of benzene rings is 2. The van der Waals surface area contributed by atoms with Crippen molar-refractivity contribution < 1.29 is 19.8 Å². The van der Waals surface area contributed by atoms with E-state index in [4.69, 9.17) is 5.11 Å². The van der Waals surface area contributed by atoms with Gasteiger partial charge in [-0.05, 0) is 48.9 Å². The lowest BCUT2D eigenvalue weighted by atomic mass is 10.1. The summed E-state index contributed by atoms with van der Waals surface area (Å²) in [6, 6.07) is 10.7. The minimum Gasteiger partial charge on any atom is -0.508 e. The van der Waals surface area contributed by atoms with Crippen LogP contribution in [-0.2, 0) is 0 Å². The maximum absolute atomic E-state index is 12.5. The first-order valence-corrected chi connectivity index (χ1v) is 6.31. The summed E-state index contributed by atoms with van der Waals surface area (Å²) in [7, 11) is 1.58. The smallest absolute Gasteiger partial charge is 0.335 e. The van der Waals surface area contributed by atoms with E-state index in [1.807, 2.05) is 0 Å². The number of anilines is 1. The monoisotopic (exact) mass is 285 g/mol. The van der Waals surface area contributed by atoms with Crippen molar-refractivity contribution >= 4 is 17.6 Å². The van der Waals surface area contributed by atoms with E-state index in [-0.39, 0.29) is 17.2 Å². The number of hydrogen-bond acceptors (Lipinski definition) is 3. The first-order chi connectivity index (χ1) is 9.90. The summed E-state index contributed by atoms with van der Waals surface area (Å²) >= 11 is 0. The largest absolute Gasteiger partial charge is 0.508 e. The highest BCUT2D eigenvalue weighted by atomic mass is 16.4. The molecule has 1 amide bonds. The van der Waals surface area contributed by atoms with Gasteiger partial charge in [0.1, 0.15) is 5.75 Å². The zero-order valence-electron chi connectivity index (χ0n) is 11.7. The number of aromatic carboxylic acids is 1. The number of aryl methyl sites for hydroxylation is 1. The zero-order chi connectivity index (χ0) is 15.6. The predicted molar refractivity (Wildman–Crippen MR) is 79.0 cm³/mol. The summed E-state index contributed by atoms with van der Waals surface area (Å²) in [6.45, 7) is 1.73. The topological polar surface area (TPSA) is 77.8 Å². The molecule has 0 unspecified atom stereocenters. The van der Waals surface area contributed by atoms with Gasteiger partial charge in [-0.2, -0.15) is 0 Å². The van der Waals surface area contributed by atoms with E-state index in [1.54, 1.807) is 32.2 Å². The molecule has 0 spiro atoms. The fourth-order valence-corrected chi connectivity index (χ4v) is 2.03. The first kappa shape index (κ1) is 14.6. The maximum Gasteiger partial charge on any atom is 0.335 e. The van der Waals surface area contributed by atoms with Gasteiger partial charge in [0.2, 0.25) is 0 Å². The molecule has 108 valence electrons. The Morgan fingerprint density at radius 3 is 2.43 bits per heavy atom. The Hall–Kier alpha value is -2.82. The van der Waals surface area contributed by atoms with Gasteiger partial charge in [-0.25, -0.2) is 4.79 Å². The van der Waals surface area contributed by atoms with E-state index in [9.17, 15) is 14.7 Å². The van der Waals surface area contributed by atoms with Crippen molar-refractivity contribution in [1.29, 1.82) is 0 Å². The second-order valence-corrected chi connectivity index (χ2v) is 4.72. The molecular weight excluding hydrogens is 270 g/mol. The lowest BCUT2D eigenvalue weighted by Crippen LogP contribution is -2.27. The van der Waals surface area contributed by atoms with Crippen molar-refractivity contribution in [2.24, 2.45) is 0 Å². The standard InChI is InChI=1S/C16H15NO4/c1-10-8-13(18)6-7-14(10)15(19)17(2)12-5-3-4-11(9-12)16(20)21/h3-9,18H,1-2H3,(H,20,21). The molecule has 0 saturated heterocycles. The molecule has 2 aromatic rings. The Balaban J connectivity index is 2.35. The van der Waals surface area contributed by atoms with Crippen LogP contribution in [0.2, 0.25) is 0 Å². The molecule has 2 aromatic carbocycles. The summed E-state index contributed by atoms with van der Waals surface area (Å²) in [4.78, 5) is 24.8. The average Bonchev–Trinajstić information content (AvgIpc) is 2.46. The molecule has 0 fully saturated rings. The fraction of sp³-hybridized carbons (Fsp3) is 0.125. The minimum atomic E-state index is -1.04. The lowest BCUT2D eigenvalue weighted by Gasteiger charge is -2.19. The third kappa shape index (κ3) is 3.02. The van der Waals surface area contributed by atoms with Crippen LogP contribution in [0.4, 0.5) is 5.69 Å². The molecule has 0 aliphatic heterocycles. The van der Waals surface area contributed by atoms with E-state index in [0.29, 0.717) is 16.8 Å². The molecule has 2 N–H and O–H groups in total. The summed E-state index contributed by atoms with van der Waals surface area (Å²) in [6.07, 6.45) is 0. The number of aromatic hydroxyl groups is 1. The number of nitrogens with zero attached hydrogens (tertiary/aromatic N) is 1. The lowest BCUT2D eigenvalue weighted by molar-refractivity contribution is 0.0696. The Morgan fingerprint density at radius 2 is 1.81 bits per heavy atom. The Labute approximate surface area is 122 Å². The SMILES string of the molecule is Cc1cc(O)ccc1C(=O)N(C)c1cccc(C(=O)O)c1. The van der Waals surface area contributed by atoms with Crippen molar-refractivity contribution in [3.05, 3.63) is 59.2 Å². The van der Waals surface area contributed by atoms with E-state index in [0.717, 1.165) is 0 Å². The van der Waals surface area contributed by atoms with Gasteiger partial charge < -0.3 is 15.1 Å². The van der Waals surface area contributed by atoms with Crippen molar-refractivity contribution in [2.75, 3.05) is 11.9 Å². The quantitative estimate of drug-likeness (QED) is 0.908. The van der Waals surface area contributed by atoms with Crippen LogP contribution in [0, 0.1) is 6.92 Å². The van der Waals surface area contributed by atoms with Crippen LogP contribution in [-0.4, -0.2) is 29.1 Å². The number of phenols is 1. The normalized spacial score (nSPS) is 10.2. The van der Waals surface area contributed by atoms with E-state index in [1.165, 1.54) is 29.2 Å². The van der Waals surface area contributed by atoms with Gasteiger partial charge in [-0.3, -0.25) is 4.79 Å². The highest BCUT2D eigenvalue weighted by Crippen LogP contribution is 2.21. The Bertz CT molecular complexity index is 709. The third-order valence-electron chi connectivity index (χ3n) is 3.23. The summed E-state index contributed by atoms with van der Waals surface area (Å²) in [5, 5.41) is 18.4. The van der Waals surface area contributed by atoms with Crippen LogP contribution in [0.5, 0.6) is 5.75 Å². The number of hydrogen-bond donors (Lipinski definition) is 2. The van der Waals surface area contributed by atoms with Crippen LogP contribution < -0.4 is 4.90 Å². The molecular formula is C16H15NO4. The molecule has 0 saturated carbocycles. The van der Waals surface area contributed by atoms with Crippen LogP contribution in [0.1, 0.15) is 26.3 Å². The highest BCUT2D eigenvalue weighted by molar-refractivity contribution is 6.07. The van der Waals surface area contributed by atoms with E-state index in [2.05, 4.69) is 0 Å². The van der Waals surface area contributed by atoms with E-state index < -0.39 is 5.97 Å². The summed E-state index contributed by atoms with van der Waals surface area (Å²) in [5.41, 5.74) is 1.72. The van der Waals surface area contributed by atoms with Gasteiger partial charge in [0.05, 0.1) is 5.56 Å². The van der Waals surface area contributed by atoms with Gasteiger partial charge >= 0.3 is 5.97 Å². The molecule has 0 aliphatic carbocycles. The molecule has 0 atom stereocenters. The number of carboxylic acids is 1. The zero-order valence-corrected chi connectivity index (χ0v) is 11.7. The molecule has 5 nitrogen and oxygen atoms in total. The van der Waals surface area contributed by atoms with Crippen LogP contribution in [0.25, 0.3) is 0 Å². The molecule has 21 heavy (non-hydrogen) atoms. The molecule has 2 rings (SSSR count). The number of carbonyl (C=O) groups is 2. The van der Waals surface area contributed by atoms with Crippen molar-refractivity contribution in [3.8, 4) is 5.75 Å². The average molecular weight is 285 g/mol. The first-order valence-electron chi connectivity index (χ1n) is 6.31. The number of carbonyl (C=O) groups excluding carboxylic acids is 1. The number of amides is 1. The maximum atomic E-state index is 12.5. The molecule has 0 radical (unpaired) electrons. The summed E-state index contributed by atoms with van der Waals surface area (Å²) < 4.78 is 0. The van der Waals surface area contributed by atoms with Crippen LogP contribution >= 0.6 is 0 Å². The van der Waals surface area contributed by atoms with Gasteiger partial charge in [-0.1, -0.05) is 6.07 Å². The van der Waals surface area contributed by atoms with Crippen LogP contribution in [0.15, 0.2) is 42.5 Å².